The third kappa shape index (κ3) is 3.74. The van der Waals surface area contributed by atoms with E-state index in [-0.39, 0.29) is 0 Å². The second kappa shape index (κ2) is 8.30. The summed E-state index contributed by atoms with van der Waals surface area (Å²) in [6.45, 7) is 2.21. The summed E-state index contributed by atoms with van der Waals surface area (Å²) in [5.74, 6) is 3.20. The summed E-state index contributed by atoms with van der Waals surface area (Å²) in [5, 5.41) is 21.9. The van der Waals surface area contributed by atoms with E-state index in [2.05, 4.69) is 52.1 Å². The maximum absolute atomic E-state index is 6.57. The summed E-state index contributed by atoms with van der Waals surface area (Å²) >= 11 is 12.6. The molecule has 1 aliphatic rings. The van der Waals surface area contributed by atoms with Crippen molar-refractivity contribution in [2.75, 3.05) is 5.32 Å². The lowest BCUT2D eigenvalue weighted by Gasteiger charge is -2.09. The summed E-state index contributed by atoms with van der Waals surface area (Å²) in [5.41, 5.74) is 2.88. The van der Waals surface area contributed by atoms with Crippen molar-refractivity contribution in [1.29, 1.82) is 0 Å². The summed E-state index contributed by atoms with van der Waals surface area (Å²) in [6, 6.07) is 5.94. The van der Waals surface area contributed by atoms with Gasteiger partial charge >= 0.3 is 0 Å². The first-order chi connectivity index (χ1) is 16.5. The molecule has 172 valence electrons. The topological polar surface area (TPSA) is 96.2 Å². The van der Waals surface area contributed by atoms with Gasteiger partial charge in [-0.2, -0.15) is 10.2 Å². The average Bonchev–Trinajstić information content (AvgIpc) is 3.59. The molecule has 6 rings (SSSR count). The Morgan fingerprint density at radius 2 is 1.97 bits per heavy atom. The Morgan fingerprint density at radius 3 is 2.76 bits per heavy atom. The van der Waals surface area contributed by atoms with Gasteiger partial charge in [-0.25, -0.2) is 4.98 Å². The van der Waals surface area contributed by atoms with E-state index in [0.29, 0.717) is 22.4 Å². The summed E-state index contributed by atoms with van der Waals surface area (Å²) in [7, 11) is 1.87. The Labute approximate surface area is 204 Å². The van der Waals surface area contributed by atoms with E-state index in [1.54, 1.807) is 34.2 Å². The van der Waals surface area contributed by atoms with Gasteiger partial charge in [-0.05, 0) is 18.6 Å². The van der Waals surface area contributed by atoms with Crippen LogP contribution in [0.5, 0.6) is 0 Å². The number of hydrogen-bond acceptors (Lipinski definition) is 6. The zero-order valence-corrected chi connectivity index (χ0v) is 19.7. The van der Waals surface area contributed by atoms with Gasteiger partial charge in [0.05, 0.1) is 28.1 Å². The molecule has 1 N–H and O–H groups in total. The molecule has 0 radical (unpaired) electrons. The summed E-state index contributed by atoms with van der Waals surface area (Å²) < 4.78 is 7.88. The smallest absolute Gasteiger partial charge is 0.180 e. The Morgan fingerprint density at radius 1 is 1.06 bits per heavy atom. The van der Waals surface area contributed by atoms with Crippen molar-refractivity contribution in [3.8, 4) is 22.6 Å². The van der Waals surface area contributed by atoms with Crippen molar-refractivity contribution < 1.29 is 0 Å². The second-order valence-corrected chi connectivity index (χ2v) is 8.97. The zero-order valence-electron chi connectivity index (χ0n) is 18.2. The number of aromatic nitrogens is 9. The number of halogens is 2. The normalized spacial score (nSPS) is 12.9. The van der Waals surface area contributed by atoms with E-state index in [0.717, 1.165) is 53.8 Å². The van der Waals surface area contributed by atoms with Crippen molar-refractivity contribution in [1.82, 2.24) is 43.9 Å². The van der Waals surface area contributed by atoms with Gasteiger partial charge in [0, 0.05) is 55.9 Å². The maximum Gasteiger partial charge on any atom is 0.180 e. The highest BCUT2D eigenvalue weighted by molar-refractivity contribution is 6.33. The maximum atomic E-state index is 6.57. The molecule has 0 aromatic carbocycles. The largest absolute Gasteiger partial charge is 0.344 e. The van der Waals surface area contributed by atoms with Gasteiger partial charge in [-0.15, -0.1) is 10.2 Å². The van der Waals surface area contributed by atoms with E-state index >= 15 is 0 Å². The van der Waals surface area contributed by atoms with E-state index in [9.17, 15) is 0 Å². The van der Waals surface area contributed by atoms with Gasteiger partial charge in [0.1, 0.15) is 18.2 Å². The highest BCUT2D eigenvalue weighted by atomic mass is 35.5. The van der Waals surface area contributed by atoms with Crippen LogP contribution in [0.15, 0.2) is 49.2 Å². The number of pyridine rings is 1. The molecular formula is C22H20Cl2N10. The third-order valence-corrected chi connectivity index (χ3v) is 6.38. The molecule has 5 aromatic rings. The van der Waals surface area contributed by atoms with Crippen LogP contribution in [0.2, 0.25) is 10.0 Å². The van der Waals surface area contributed by atoms with E-state index in [1.807, 2.05) is 19.2 Å². The van der Waals surface area contributed by atoms with Crippen LogP contribution in [0.1, 0.15) is 12.2 Å². The molecule has 0 aliphatic carbocycles. The van der Waals surface area contributed by atoms with E-state index in [4.69, 9.17) is 23.2 Å². The van der Waals surface area contributed by atoms with E-state index in [1.165, 1.54) is 0 Å². The minimum Gasteiger partial charge on any atom is -0.344 e. The number of rotatable bonds is 5. The molecule has 5 aromatic heterocycles. The van der Waals surface area contributed by atoms with Crippen molar-refractivity contribution in [3.05, 3.63) is 65.1 Å². The Bertz CT molecular complexity index is 1490. The molecule has 0 bridgehead atoms. The van der Waals surface area contributed by atoms with Crippen molar-refractivity contribution >= 4 is 34.8 Å². The first-order valence-corrected chi connectivity index (χ1v) is 11.5. The lowest BCUT2D eigenvalue weighted by atomic mass is 10.1. The summed E-state index contributed by atoms with van der Waals surface area (Å²) in [6.07, 6.45) is 9.86. The van der Waals surface area contributed by atoms with E-state index < -0.39 is 0 Å². The molecule has 10 nitrogen and oxygen atoms in total. The number of anilines is 2. The molecule has 6 heterocycles. The molecule has 12 heteroatoms. The fourth-order valence-electron chi connectivity index (χ4n) is 4.23. The molecule has 0 spiro atoms. The van der Waals surface area contributed by atoms with Crippen molar-refractivity contribution in [3.63, 3.8) is 0 Å². The number of fused-ring (bicyclic) bond motifs is 3. The molecule has 1 aliphatic heterocycles. The first kappa shape index (κ1) is 20.9. The number of nitrogens with one attached hydrogen (secondary N) is 1. The molecule has 0 saturated carbocycles. The third-order valence-electron chi connectivity index (χ3n) is 5.88. The fourth-order valence-corrected chi connectivity index (χ4v) is 4.60. The van der Waals surface area contributed by atoms with Crippen LogP contribution in [0.3, 0.4) is 0 Å². The van der Waals surface area contributed by atoms with Crippen LogP contribution in [-0.2, 0) is 26.7 Å². The van der Waals surface area contributed by atoms with Gasteiger partial charge in [0.15, 0.2) is 11.6 Å². The first-order valence-electron chi connectivity index (χ1n) is 10.8. The second-order valence-electron chi connectivity index (χ2n) is 8.12. The number of hydrogen-bond donors (Lipinski definition) is 1. The van der Waals surface area contributed by atoms with Crippen LogP contribution in [0.25, 0.3) is 22.6 Å². The molecule has 34 heavy (non-hydrogen) atoms. The average molecular weight is 495 g/mol. The van der Waals surface area contributed by atoms with Gasteiger partial charge in [0.2, 0.25) is 0 Å². The summed E-state index contributed by atoms with van der Waals surface area (Å²) in [4.78, 5) is 4.42. The van der Waals surface area contributed by atoms with Crippen LogP contribution in [0, 0.1) is 0 Å². The molecule has 0 fully saturated rings. The highest BCUT2D eigenvalue weighted by Crippen LogP contribution is 2.35. The van der Waals surface area contributed by atoms with Crippen LogP contribution in [0.4, 0.5) is 11.6 Å². The molecular weight excluding hydrogens is 475 g/mol. The van der Waals surface area contributed by atoms with Gasteiger partial charge in [-0.3, -0.25) is 9.36 Å². The Hall–Kier alpha value is -3.63. The van der Waals surface area contributed by atoms with Crippen LogP contribution in [-0.4, -0.2) is 43.9 Å². The highest BCUT2D eigenvalue weighted by Gasteiger charge is 2.22. The Balaban J connectivity index is 1.35. The standard InChI is InChI=1S/C22H20Cl2N10/c1-31-20(3-4-26-31)28-19-8-16(17(24)10-25-19)14-7-18-22-30-29-21(13-33-12-15(23)9-27-33)34(22)6-2-5-32(18)11-14/h3-4,7-12H,2,5-6,13H2,1H3,(H,25,28). The molecule has 0 unspecified atom stereocenters. The van der Waals surface area contributed by atoms with Crippen LogP contribution >= 0.6 is 23.2 Å². The van der Waals surface area contributed by atoms with Gasteiger partial charge in [0.25, 0.3) is 0 Å². The van der Waals surface area contributed by atoms with Gasteiger partial charge < -0.3 is 14.5 Å². The predicted molar refractivity (Wildman–Crippen MR) is 129 cm³/mol. The monoisotopic (exact) mass is 494 g/mol. The SMILES string of the molecule is Cn1nccc1Nc1cc(-c2cc3n(c2)CCCn2c(Cn4cc(Cl)cn4)nnc2-3)c(Cl)cn1. The minimum absolute atomic E-state index is 0.506. The lowest BCUT2D eigenvalue weighted by Crippen LogP contribution is -2.09. The van der Waals surface area contributed by atoms with Crippen molar-refractivity contribution in [2.24, 2.45) is 7.05 Å². The number of aryl methyl sites for hydroxylation is 2. The van der Waals surface area contributed by atoms with Crippen LogP contribution < -0.4 is 5.32 Å². The Kier molecular flexibility index (Phi) is 5.11. The predicted octanol–water partition coefficient (Wildman–Crippen LogP) is 4.24. The minimum atomic E-state index is 0.506. The molecule has 0 saturated heterocycles. The molecule has 0 amide bonds. The van der Waals surface area contributed by atoms with Gasteiger partial charge in [-0.1, -0.05) is 23.2 Å². The zero-order chi connectivity index (χ0) is 23.2. The quantitative estimate of drug-likeness (QED) is 0.392. The number of nitrogens with zero attached hydrogens (tertiary/aromatic N) is 9. The van der Waals surface area contributed by atoms with Crippen molar-refractivity contribution in [2.45, 2.75) is 26.1 Å². The molecule has 0 atom stereocenters. The lowest BCUT2D eigenvalue weighted by molar-refractivity contribution is 0.554. The fraction of sp³-hybridized carbons (Fsp3) is 0.227.